The Morgan fingerprint density at radius 3 is 1.90 bits per heavy atom. The molecule has 0 amide bonds. The lowest BCUT2D eigenvalue weighted by molar-refractivity contribution is 0.0108. The van der Waals surface area contributed by atoms with Gasteiger partial charge < -0.3 is 10.8 Å². The van der Waals surface area contributed by atoms with Gasteiger partial charge in [0.15, 0.2) is 0 Å². The van der Waals surface area contributed by atoms with Gasteiger partial charge in [0, 0.05) is 5.54 Å². The molecule has 0 unspecified atom stereocenters. The van der Waals surface area contributed by atoms with Gasteiger partial charge in [-0.05, 0) is 25.7 Å². The summed E-state index contributed by atoms with van der Waals surface area (Å²) in [5, 5.41) is 9.97. The van der Waals surface area contributed by atoms with Crippen molar-refractivity contribution in [2.24, 2.45) is 5.73 Å². The molecule has 10 heavy (non-hydrogen) atoms. The Kier molecular flexibility index (Phi) is 1.15. The van der Waals surface area contributed by atoms with Crippen LogP contribution in [-0.4, -0.2) is 16.2 Å². The molecule has 0 aliphatic heterocycles. The molecule has 0 atom stereocenters. The Bertz CT molecular complexity index is 145. The second-order valence-corrected chi connectivity index (χ2v) is 3.89. The molecule has 0 aromatic carbocycles. The molecule has 2 nitrogen and oxygen atoms in total. The minimum Gasteiger partial charge on any atom is -0.388 e. The van der Waals surface area contributed by atoms with Crippen molar-refractivity contribution in [1.29, 1.82) is 0 Å². The maximum Gasteiger partial charge on any atom is 0.0826 e. The van der Waals surface area contributed by atoms with Gasteiger partial charge in [-0.15, -0.1) is 0 Å². The summed E-state index contributed by atoms with van der Waals surface area (Å²) in [6.07, 6.45) is 6.25. The monoisotopic (exact) mass is 141 g/mol. The Labute approximate surface area is 61.4 Å². The molecule has 2 aliphatic rings. The van der Waals surface area contributed by atoms with Gasteiger partial charge in [0.1, 0.15) is 0 Å². The second kappa shape index (κ2) is 1.74. The van der Waals surface area contributed by atoms with E-state index in [1.165, 1.54) is 0 Å². The van der Waals surface area contributed by atoms with Crippen molar-refractivity contribution < 1.29 is 5.11 Å². The van der Waals surface area contributed by atoms with Crippen LogP contribution in [0.25, 0.3) is 0 Å². The molecule has 0 heterocycles. The van der Waals surface area contributed by atoms with Crippen LogP contribution in [0.3, 0.4) is 0 Å². The fourth-order valence-corrected chi connectivity index (χ4v) is 2.06. The van der Waals surface area contributed by atoms with Gasteiger partial charge in [-0.2, -0.15) is 0 Å². The van der Waals surface area contributed by atoms with Crippen molar-refractivity contribution in [1.82, 2.24) is 0 Å². The smallest absolute Gasteiger partial charge is 0.0826 e. The maximum absolute atomic E-state index is 9.97. The third-order valence-corrected chi connectivity index (χ3v) is 3.15. The van der Waals surface area contributed by atoms with Crippen LogP contribution in [0.5, 0.6) is 0 Å². The van der Waals surface area contributed by atoms with Gasteiger partial charge in [-0.25, -0.2) is 0 Å². The number of aliphatic hydroxyl groups is 1. The first-order valence-corrected chi connectivity index (χ1v) is 4.18. The quantitative estimate of drug-likeness (QED) is 0.567. The molecule has 0 bridgehead atoms. The minimum atomic E-state index is -0.479. The predicted octanol–water partition coefficient (Wildman–Crippen LogP) is 0.783. The van der Waals surface area contributed by atoms with Crippen molar-refractivity contribution >= 4 is 0 Å². The highest BCUT2D eigenvalue weighted by molar-refractivity contribution is 5.14. The number of nitrogens with two attached hydrogens (primary N) is 1. The van der Waals surface area contributed by atoms with Crippen LogP contribution in [-0.2, 0) is 0 Å². The maximum atomic E-state index is 9.97. The lowest BCUT2D eigenvalue weighted by Gasteiger charge is -2.29. The van der Waals surface area contributed by atoms with Crippen LogP contribution in [0.4, 0.5) is 0 Å². The zero-order valence-corrected chi connectivity index (χ0v) is 6.27. The lowest BCUT2D eigenvalue weighted by atomic mass is 9.91. The highest BCUT2D eigenvalue weighted by atomic mass is 16.3. The molecule has 3 N–H and O–H groups in total. The van der Waals surface area contributed by atoms with E-state index >= 15 is 0 Å². The SMILES string of the molecule is NC1(C2(O)CCCC2)CC1. The molecule has 0 radical (unpaired) electrons. The molecular formula is C8H15NO. The van der Waals surface area contributed by atoms with Gasteiger partial charge in [-0.3, -0.25) is 0 Å². The van der Waals surface area contributed by atoms with Gasteiger partial charge in [-0.1, -0.05) is 12.8 Å². The lowest BCUT2D eigenvalue weighted by Crippen LogP contribution is -2.48. The highest BCUT2D eigenvalue weighted by Crippen LogP contribution is 2.49. The van der Waals surface area contributed by atoms with E-state index in [0.717, 1.165) is 38.5 Å². The Morgan fingerprint density at radius 1 is 1.00 bits per heavy atom. The molecular weight excluding hydrogens is 126 g/mol. The summed E-state index contributed by atoms with van der Waals surface area (Å²) in [7, 11) is 0. The van der Waals surface area contributed by atoms with Crippen molar-refractivity contribution in [2.75, 3.05) is 0 Å². The Balaban J connectivity index is 2.13. The van der Waals surface area contributed by atoms with Gasteiger partial charge in [0.25, 0.3) is 0 Å². The summed E-state index contributed by atoms with van der Waals surface area (Å²) < 4.78 is 0. The van der Waals surface area contributed by atoms with Crippen molar-refractivity contribution in [3.63, 3.8) is 0 Å². The molecule has 2 saturated carbocycles. The summed E-state index contributed by atoms with van der Waals surface area (Å²) in [5.41, 5.74) is 5.28. The second-order valence-electron chi connectivity index (χ2n) is 3.89. The standard InChI is InChI=1S/C8H15NO/c9-7(5-6-7)8(10)3-1-2-4-8/h10H,1-6,9H2. The topological polar surface area (TPSA) is 46.2 Å². The first-order chi connectivity index (χ1) is 4.66. The number of hydrogen-bond acceptors (Lipinski definition) is 2. The number of hydrogen-bond donors (Lipinski definition) is 2. The van der Waals surface area contributed by atoms with E-state index in [0.29, 0.717) is 0 Å². The molecule has 2 rings (SSSR count). The van der Waals surface area contributed by atoms with E-state index in [1.54, 1.807) is 0 Å². The van der Waals surface area contributed by atoms with E-state index in [1.807, 2.05) is 0 Å². The van der Waals surface area contributed by atoms with Crippen LogP contribution in [0.1, 0.15) is 38.5 Å². The first-order valence-electron chi connectivity index (χ1n) is 4.18. The molecule has 2 heteroatoms. The van der Waals surface area contributed by atoms with Crippen LogP contribution < -0.4 is 5.73 Å². The van der Waals surface area contributed by atoms with Crippen molar-refractivity contribution in [3.8, 4) is 0 Å². The fraction of sp³-hybridized carbons (Fsp3) is 1.00. The van der Waals surface area contributed by atoms with Crippen LogP contribution in [0, 0.1) is 0 Å². The van der Waals surface area contributed by atoms with E-state index in [4.69, 9.17) is 5.73 Å². The van der Waals surface area contributed by atoms with Gasteiger partial charge >= 0.3 is 0 Å². The normalized spacial score (nSPS) is 34.2. The Hall–Kier alpha value is -0.0800. The van der Waals surface area contributed by atoms with Gasteiger partial charge in [0.2, 0.25) is 0 Å². The van der Waals surface area contributed by atoms with Crippen LogP contribution in [0.15, 0.2) is 0 Å². The van der Waals surface area contributed by atoms with Crippen LogP contribution in [0.2, 0.25) is 0 Å². The molecule has 2 fully saturated rings. The molecule has 0 aromatic rings. The molecule has 58 valence electrons. The average molecular weight is 141 g/mol. The highest BCUT2D eigenvalue weighted by Gasteiger charge is 2.56. The molecule has 0 saturated heterocycles. The van der Waals surface area contributed by atoms with E-state index < -0.39 is 5.60 Å². The molecule has 0 spiro atoms. The van der Waals surface area contributed by atoms with Crippen molar-refractivity contribution in [3.05, 3.63) is 0 Å². The van der Waals surface area contributed by atoms with E-state index in [-0.39, 0.29) is 5.54 Å². The first kappa shape index (κ1) is 6.62. The van der Waals surface area contributed by atoms with E-state index in [2.05, 4.69) is 0 Å². The summed E-state index contributed by atoms with van der Waals surface area (Å²) in [4.78, 5) is 0. The zero-order chi connectivity index (χ0) is 7.24. The Morgan fingerprint density at radius 2 is 1.50 bits per heavy atom. The fourth-order valence-electron chi connectivity index (χ4n) is 2.06. The summed E-state index contributed by atoms with van der Waals surface area (Å²) in [6.45, 7) is 0. The molecule has 0 aromatic heterocycles. The van der Waals surface area contributed by atoms with E-state index in [9.17, 15) is 5.11 Å². The largest absolute Gasteiger partial charge is 0.388 e. The minimum absolute atomic E-state index is 0.177. The zero-order valence-electron chi connectivity index (χ0n) is 6.27. The summed E-state index contributed by atoms with van der Waals surface area (Å²) in [6, 6.07) is 0. The molecule has 2 aliphatic carbocycles. The van der Waals surface area contributed by atoms with Gasteiger partial charge in [0.05, 0.1) is 5.60 Å². The van der Waals surface area contributed by atoms with Crippen molar-refractivity contribution in [2.45, 2.75) is 49.7 Å². The predicted molar refractivity (Wildman–Crippen MR) is 39.6 cm³/mol. The average Bonchev–Trinajstić information content (AvgIpc) is 2.46. The van der Waals surface area contributed by atoms with Crippen LogP contribution >= 0.6 is 0 Å². The third-order valence-electron chi connectivity index (χ3n) is 3.15. The summed E-state index contributed by atoms with van der Waals surface area (Å²) in [5.74, 6) is 0. The third kappa shape index (κ3) is 0.722. The summed E-state index contributed by atoms with van der Waals surface area (Å²) >= 11 is 0. The number of rotatable bonds is 1.